The van der Waals surface area contributed by atoms with Crippen molar-refractivity contribution < 1.29 is 9.90 Å². The summed E-state index contributed by atoms with van der Waals surface area (Å²) in [6, 6.07) is 0. The maximum absolute atomic E-state index is 10.3. The van der Waals surface area contributed by atoms with Gasteiger partial charge in [-0.05, 0) is 19.8 Å². The average molecular weight is 240 g/mol. The van der Waals surface area contributed by atoms with E-state index in [9.17, 15) is 4.79 Å². The molecule has 0 fully saturated rings. The Morgan fingerprint density at radius 2 is 2.25 bits per heavy atom. The first-order valence-electron chi connectivity index (χ1n) is 5.06. The van der Waals surface area contributed by atoms with Crippen LogP contribution in [0.4, 0.5) is 0 Å². The van der Waals surface area contributed by atoms with Crippen LogP contribution in [0.25, 0.3) is 4.96 Å². The van der Waals surface area contributed by atoms with Gasteiger partial charge in [0.05, 0.1) is 0 Å². The predicted molar refractivity (Wildman–Crippen MR) is 58.6 cm³/mol. The van der Waals surface area contributed by atoms with Crippen molar-refractivity contribution in [2.75, 3.05) is 0 Å². The zero-order chi connectivity index (χ0) is 11.5. The van der Waals surface area contributed by atoms with E-state index in [0.717, 1.165) is 28.6 Å². The molecule has 0 amide bonds. The van der Waals surface area contributed by atoms with E-state index in [1.807, 2.05) is 6.92 Å². The SMILES string of the molecule is Cc1nnc2sc(CCCCC(=O)O)nn12. The van der Waals surface area contributed by atoms with Gasteiger partial charge in [0, 0.05) is 12.8 Å². The average Bonchev–Trinajstić information content (AvgIpc) is 2.76. The number of rotatable bonds is 5. The zero-order valence-corrected chi connectivity index (χ0v) is 9.70. The topological polar surface area (TPSA) is 80.4 Å². The molecule has 7 heteroatoms. The predicted octanol–water partition coefficient (Wildman–Crippen LogP) is 1.29. The van der Waals surface area contributed by atoms with Crippen LogP contribution >= 0.6 is 11.3 Å². The van der Waals surface area contributed by atoms with E-state index in [1.165, 1.54) is 11.3 Å². The zero-order valence-electron chi connectivity index (χ0n) is 8.88. The standard InChI is InChI=1S/C9H12N4O2S/c1-6-10-11-9-13(6)12-7(16-9)4-2-3-5-8(14)15/h2-5H2,1H3,(H,14,15). The first-order chi connectivity index (χ1) is 7.66. The number of aromatic nitrogens is 4. The molecule has 0 aliphatic carbocycles. The molecule has 2 aromatic rings. The summed E-state index contributed by atoms with van der Waals surface area (Å²) >= 11 is 1.51. The molecule has 6 nitrogen and oxygen atoms in total. The van der Waals surface area contributed by atoms with Gasteiger partial charge >= 0.3 is 5.97 Å². The minimum atomic E-state index is -0.742. The van der Waals surface area contributed by atoms with Crippen LogP contribution in [0.1, 0.15) is 30.1 Å². The molecular weight excluding hydrogens is 228 g/mol. The number of hydrogen-bond donors (Lipinski definition) is 1. The molecular formula is C9H12N4O2S. The Morgan fingerprint density at radius 3 is 2.94 bits per heavy atom. The number of unbranched alkanes of at least 4 members (excludes halogenated alkanes) is 1. The smallest absolute Gasteiger partial charge is 0.303 e. The van der Waals surface area contributed by atoms with Crippen molar-refractivity contribution in [3.05, 3.63) is 10.8 Å². The van der Waals surface area contributed by atoms with Crippen LogP contribution in [0.5, 0.6) is 0 Å². The largest absolute Gasteiger partial charge is 0.481 e. The van der Waals surface area contributed by atoms with Crippen molar-refractivity contribution in [1.82, 2.24) is 19.8 Å². The highest BCUT2D eigenvalue weighted by molar-refractivity contribution is 7.16. The maximum atomic E-state index is 10.3. The van der Waals surface area contributed by atoms with Gasteiger partial charge in [-0.2, -0.15) is 9.61 Å². The van der Waals surface area contributed by atoms with Gasteiger partial charge in [-0.25, -0.2) is 0 Å². The van der Waals surface area contributed by atoms with Gasteiger partial charge in [0.15, 0.2) is 5.82 Å². The molecule has 0 radical (unpaired) electrons. The highest BCUT2D eigenvalue weighted by Gasteiger charge is 2.08. The molecule has 2 aromatic heterocycles. The molecule has 0 aliphatic rings. The van der Waals surface area contributed by atoms with Gasteiger partial charge in [-0.15, -0.1) is 10.2 Å². The molecule has 0 atom stereocenters. The summed E-state index contributed by atoms with van der Waals surface area (Å²) in [5.41, 5.74) is 0. The van der Waals surface area contributed by atoms with Gasteiger partial charge in [-0.1, -0.05) is 11.3 Å². The summed E-state index contributed by atoms with van der Waals surface area (Å²) in [4.78, 5) is 11.1. The van der Waals surface area contributed by atoms with E-state index in [4.69, 9.17) is 5.11 Å². The Hall–Kier alpha value is -1.50. The number of carboxylic acid groups (broad SMARTS) is 1. The number of carboxylic acids is 1. The highest BCUT2D eigenvalue weighted by Crippen LogP contribution is 2.15. The van der Waals surface area contributed by atoms with E-state index in [1.54, 1.807) is 4.52 Å². The molecule has 0 unspecified atom stereocenters. The lowest BCUT2D eigenvalue weighted by Gasteiger charge is -1.94. The molecule has 2 heterocycles. The normalized spacial score (nSPS) is 11.1. The van der Waals surface area contributed by atoms with E-state index < -0.39 is 5.97 Å². The maximum Gasteiger partial charge on any atom is 0.303 e. The van der Waals surface area contributed by atoms with Crippen LogP contribution in [0.15, 0.2) is 0 Å². The lowest BCUT2D eigenvalue weighted by Crippen LogP contribution is -1.95. The summed E-state index contributed by atoms with van der Waals surface area (Å²) in [7, 11) is 0. The fraction of sp³-hybridized carbons (Fsp3) is 0.556. The van der Waals surface area contributed by atoms with Crippen LogP contribution < -0.4 is 0 Å². The molecule has 0 spiro atoms. The summed E-state index contributed by atoms with van der Waals surface area (Å²) in [6.07, 6.45) is 2.56. The van der Waals surface area contributed by atoms with Crippen LogP contribution in [-0.4, -0.2) is 30.9 Å². The summed E-state index contributed by atoms with van der Waals surface area (Å²) in [5, 5.41) is 21.7. The number of fused-ring (bicyclic) bond motifs is 1. The molecule has 0 bridgehead atoms. The van der Waals surface area contributed by atoms with Gasteiger partial charge in [0.2, 0.25) is 4.96 Å². The van der Waals surface area contributed by atoms with Crippen molar-refractivity contribution in [3.8, 4) is 0 Å². The van der Waals surface area contributed by atoms with Gasteiger partial charge in [0.25, 0.3) is 0 Å². The van der Waals surface area contributed by atoms with E-state index in [-0.39, 0.29) is 6.42 Å². The molecule has 86 valence electrons. The Bertz CT molecular complexity index is 505. The third-order valence-electron chi connectivity index (χ3n) is 2.22. The summed E-state index contributed by atoms with van der Waals surface area (Å²) < 4.78 is 1.72. The highest BCUT2D eigenvalue weighted by atomic mass is 32.1. The summed E-state index contributed by atoms with van der Waals surface area (Å²) in [5.74, 6) is 0.0389. The van der Waals surface area contributed by atoms with Crippen molar-refractivity contribution in [1.29, 1.82) is 0 Å². The van der Waals surface area contributed by atoms with Crippen LogP contribution in [0.3, 0.4) is 0 Å². The van der Waals surface area contributed by atoms with Crippen molar-refractivity contribution in [2.45, 2.75) is 32.6 Å². The first-order valence-corrected chi connectivity index (χ1v) is 5.88. The number of carbonyl (C=O) groups is 1. The molecule has 0 aromatic carbocycles. The van der Waals surface area contributed by atoms with Crippen molar-refractivity contribution >= 4 is 22.3 Å². The summed E-state index contributed by atoms with van der Waals surface area (Å²) in [6.45, 7) is 1.86. The Labute approximate surface area is 95.9 Å². The molecule has 0 saturated carbocycles. The molecule has 1 N–H and O–H groups in total. The molecule has 16 heavy (non-hydrogen) atoms. The van der Waals surface area contributed by atoms with E-state index >= 15 is 0 Å². The quantitative estimate of drug-likeness (QED) is 0.796. The fourth-order valence-corrected chi connectivity index (χ4v) is 2.33. The van der Waals surface area contributed by atoms with Gasteiger partial charge < -0.3 is 5.11 Å². The second kappa shape index (κ2) is 4.56. The van der Waals surface area contributed by atoms with Crippen molar-refractivity contribution in [3.63, 3.8) is 0 Å². The van der Waals surface area contributed by atoms with Gasteiger partial charge in [0.1, 0.15) is 5.01 Å². The molecule has 0 saturated heterocycles. The Morgan fingerprint density at radius 1 is 1.44 bits per heavy atom. The minimum Gasteiger partial charge on any atom is -0.481 e. The lowest BCUT2D eigenvalue weighted by molar-refractivity contribution is -0.137. The van der Waals surface area contributed by atoms with Crippen LogP contribution in [0.2, 0.25) is 0 Å². The second-order valence-corrected chi connectivity index (χ2v) is 4.58. The van der Waals surface area contributed by atoms with E-state index in [0.29, 0.717) is 6.42 Å². The fourth-order valence-electron chi connectivity index (χ4n) is 1.41. The van der Waals surface area contributed by atoms with Crippen LogP contribution in [0, 0.1) is 6.92 Å². The monoisotopic (exact) mass is 240 g/mol. The Kier molecular flexibility index (Phi) is 3.14. The molecule has 0 aliphatic heterocycles. The number of aryl methyl sites for hydroxylation is 2. The molecule has 2 rings (SSSR count). The lowest BCUT2D eigenvalue weighted by atomic mass is 10.2. The van der Waals surface area contributed by atoms with Crippen LogP contribution in [-0.2, 0) is 11.2 Å². The first kappa shape index (κ1) is 11.0. The third-order valence-corrected chi connectivity index (χ3v) is 3.18. The number of hydrogen-bond acceptors (Lipinski definition) is 5. The van der Waals surface area contributed by atoms with E-state index in [2.05, 4.69) is 15.3 Å². The Balaban J connectivity index is 1.92. The van der Waals surface area contributed by atoms with Crippen molar-refractivity contribution in [2.24, 2.45) is 0 Å². The minimum absolute atomic E-state index is 0.225. The second-order valence-electron chi connectivity index (χ2n) is 3.54. The third kappa shape index (κ3) is 2.35. The van der Waals surface area contributed by atoms with Gasteiger partial charge in [-0.3, -0.25) is 4.79 Å². The number of aliphatic carboxylic acids is 1. The number of nitrogens with zero attached hydrogens (tertiary/aromatic N) is 4.